The molecule has 0 bridgehead atoms. The van der Waals surface area contributed by atoms with Crippen molar-refractivity contribution in [1.29, 1.82) is 0 Å². The first-order valence-corrected chi connectivity index (χ1v) is 5.04. The minimum atomic E-state index is -3.64. The summed E-state index contributed by atoms with van der Waals surface area (Å²) in [5.41, 5.74) is 0.613. The minimum Gasteiger partial charge on any atom is -0.199 e. The largest absolute Gasteiger partial charge is 0.282 e. The maximum Gasteiger partial charge on any atom is 0.282 e. The van der Waals surface area contributed by atoms with Gasteiger partial charge in [0.25, 0.3) is 10.0 Å². The van der Waals surface area contributed by atoms with E-state index in [4.69, 9.17) is 0 Å². The Labute approximate surface area is 75.0 Å². The molecule has 0 saturated heterocycles. The Morgan fingerprint density at radius 2 is 2.00 bits per heavy atom. The molecular formula is C7H6N2O3S. The lowest BCUT2D eigenvalue weighted by Crippen LogP contribution is -2.16. The summed E-state index contributed by atoms with van der Waals surface area (Å²) in [5.74, 6) is 0. The molecule has 0 aromatic heterocycles. The van der Waals surface area contributed by atoms with E-state index in [1.807, 2.05) is 0 Å². The van der Waals surface area contributed by atoms with E-state index >= 15 is 0 Å². The SMILES string of the molecule is O=NN1Cc2ccccc2S1(=O)=O. The van der Waals surface area contributed by atoms with Crippen molar-refractivity contribution in [3.63, 3.8) is 0 Å². The highest BCUT2D eigenvalue weighted by molar-refractivity contribution is 7.89. The van der Waals surface area contributed by atoms with Crippen LogP contribution >= 0.6 is 0 Å². The van der Waals surface area contributed by atoms with E-state index in [0.717, 1.165) is 0 Å². The summed E-state index contributed by atoms with van der Waals surface area (Å²) in [6.45, 7) is 0.0437. The number of fused-ring (bicyclic) bond motifs is 1. The number of nitroso groups, excluding NO2 is 1. The van der Waals surface area contributed by atoms with Gasteiger partial charge in [-0.25, -0.2) is 0 Å². The van der Waals surface area contributed by atoms with Crippen LogP contribution in [0, 0.1) is 4.91 Å². The Balaban J connectivity index is 2.67. The van der Waals surface area contributed by atoms with Crippen LogP contribution in [-0.4, -0.2) is 12.8 Å². The van der Waals surface area contributed by atoms with E-state index in [0.29, 0.717) is 9.98 Å². The van der Waals surface area contributed by atoms with Crippen LogP contribution in [0.2, 0.25) is 0 Å². The number of nitrogens with zero attached hydrogens (tertiary/aromatic N) is 2. The fraction of sp³-hybridized carbons (Fsp3) is 0.143. The molecule has 0 fully saturated rings. The maximum atomic E-state index is 11.4. The van der Waals surface area contributed by atoms with E-state index in [1.54, 1.807) is 18.2 Å². The lowest BCUT2D eigenvalue weighted by atomic mass is 10.2. The number of rotatable bonds is 1. The monoisotopic (exact) mass is 198 g/mol. The Bertz CT molecular complexity index is 455. The molecule has 1 aliphatic rings. The first kappa shape index (κ1) is 8.18. The molecule has 0 aliphatic carbocycles. The van der Waals surface area contributed by atoms with Gasteiger partial charge in [-0.15, -0.1) is 9.32 Å². The zero-order chi connectivity index (χ0) is 9.47. The Morgan fingerprint density at radius 3 is 2.62 bits per heavy atom. The molecule has 0 amide bonds. The predicted octanol–water partition coefficient (Wildman–Crippen LogP) is 0.872. The van der Waals surface area contributed by atoms with Gasteiger partial charge in [0.05, 0.1) is 16.7 Å². The zero-order valence-corrected chi connectivity index (χ0v) is 7.36. The predicted molar refractivity (Wildman–Crippen MR) is 45.0 cm³/mol. The topological polar surface area (TPSA) is 66.8 Å². The first-order chi connectivity index (χ1) is 6.16. The van der Waals surface area contributed by atoms with Crippen LogP contribution in [-0.2, 0) is 16.6 Å². The third-order valence-electron chi connectivity index (χ3n) is 1.92. The van der Waals surface area contributed by atoms with Gasteiger partial charge in [0.1, 0.15) is 0 Å². The summed E-state index contributed by atoms with van der Waals surface area (Å²) < 4.78 is 23.4. The van der Waals surface area contributed by atoms with E-state index in [9.17, 15) is 13.3 Å². The normalized spacial score (nSPS) is 18.3. The van der Waals surface area contributed by atoms with Crippen LogP contribution in [0.5, 0.6) is 0 Å². The van der Waals surface area contributed by atoms with Gasteiger partial charge in [0.2, 0.25) is 0 Å². The van der Waals surface area contributed by atoms with E-state index in [2.05, 4.69) is 5.29 Å². The van der Waals surface area contributed by atoms with Crippen LogP contribution in [0.3, 0.4) is 0 Å². The molecule has 1 aliphatic heterocycles. The standard InChI is InChI=1S/C7H6N2O3S/c10-8-9-5-6-3-1-2-4-7(6)13(9,11)12/h1-4H,5H2. The van der Waals surface area contributed by atoms with Gasteiger partial charge < -0.3 is 0 Å². The van der Waals surface area contributed by atoms with Crippen LogP contribution < -0.4 is 0 Å². The Kier molecular flexibility index (Phi) is 1.59. The van der Waals surface area contributed by atoms with Crippen LogP contribution in [0.25, 0.3) is 0 Å². The van der Waals surface area contributed by atoms with Gasteiger partial charge in [-0.3, -0.25) is 0 Å². The smallest absolute Gasteiger partial charge is 0.199 e. The summed E-state index contributed by atoms with van der Waals surface area (Å²) in [6.07, 6.45) is 0. The molecule has 0 unspecified atom stereocenters. The second-order valence-corrected chi connectivity index (χ2v) is 4.49. The van der Waals surface area contributed by atoms with Crippen LogP contribution in [0.1, 0.15) is 5.56 Å². The molecule has 0 radical (unpaired) electrons. The highest BCUT2D eigenvalue weighted by Crippen LogP contribution is 2.29. The maximum absolute atomic E-state index is 11.4. The van der Waals surface area contributed by atoms with E-state index < -0.39 is 10.0 Å². The molecule has 0 N–H and O–H groups in total. The molecule has 5 nitrogen and oxygen atoms in total. The van der Waals surface area contributed by atoms with Crippen LogP contribution in [0.4, 0.5) is 0 Å². The van der Waals surface area contributed by atoms with Gasteiger partial charge in [-0.2, -0.15) is 8.42 Å². The summed E-state index contributed by atoms with van der Waals surface area (Å²) >= 11 is 0. The number of benzene rings is 1. The van der Waals surface area contributed by atoms with Crippen molar-refractivity contribution in [2.24, 2.45) is 5.29 Å². The molecule has 68 valence electrons. The highest BCUT2D eigenvalue weighted by atomic mass is 32.2. The lowest BCUT2D eigenvalue weighted by Gasteiger charge is -2.02. The van der Waals surface area contributed by atoms with E-state index in [-0.39, 0.29) is 11.4 Å². The number of sulfonamides is 1. The lowest BCUT2D eigenvalue weighted by molar-refractivity contribution is 0.442. The van der Waals surface area contributed by atoms with Crippen molar-refractivity contribution >= 4 is 10.0 Å². The molecular weight excluding hydrogens is 192 g/mol. The first-order valence-electron chi connectivity index (χ1n) is 3.60. The summed E-state index contributed by atoms with van der Waals surface area (Å²) in [7, 11) is -3.64. The molecule has 0 spiro atoms. The van der Waals surface area contributed by atoms with Crippen LogP contribution in [0.15, 0.2) is 34.4 Å². The van der Waals surface area contributed by atoms with Crippen molar-refractivity contribution < 1.29 is 8.42 Å². The molecule has 1 aromatic rings. The Morgan fingerprint density at radius 1 is 1.31 bits per heavy atom. The fourth-order valence-electron chi connectivity index (χ4n) is 1.30. The second-order valence-electron chi connectivity index (χ2n) is 2.67. The van der Waals surface area contributed by atoms with Gasteiger partial charge in [0.15, 0.2) is 0 Å². The van der Waals surface area contributed by atoms with Gasteiger partial charge in [-0.1, -0.05) is 18.2 Å². The Hall–Kier alpha value is -1.43. The van der Waals surface area contributed by atoms with Crippen molar-refractivity contribution in [3.8, 4) is 0 Å². The third kappa shape index (κ3) is 1.02. The van der Waals surface area contributed by atoms with Gasteiger partial charge in [0, 0.05) is 0 Å². The zero-order valence-electron chi connectivity index (χ0n) is 6.54. The summed E-state index contributed by atoms with van der Waals surface area (Å²) in [6, 6.07) is 6.47. The summed E-state index contributed by atoms with van der Waals surface area (Å²) in [4.78, 5) is 10.4. The quantitative estimate of drug-likeness (QED) is 0.629. The number of hydrogen-bond acceptors (Lipinski definition) is 4. The number of hydrogen-bond donors (Lipinski definition) is 0. The molecule has 2 rings (SSSR count). The van der Waals surface area contributed by atoms with Crippen molar-refractivity contribution in [2.75, 3.05) is 0 Å². The fourth-order valence-corrected chi connectivity index (χ4v) is 2.64. The minimum absolute atomic E-state index is 0.0437. The molecule has 1 heterocycles. The van der Waals surface area contributed by atoms with Crippen molar-refractivity contribution in [1.82, 2.24) is 4.41 Å². The molecule has 0 atom stereocenters. The molecule has 13 heavy (non-hydrogen) atoms. The molecule has 0 saturated carbocycles. The van der Waals surface area contributed by atoms with Gasteiger partial charge in [-0.05, 0) is 11.6 Å². The van der Waals surface area contributed by atoms with E-state index in [1.165, 1.54) is 6.07 Å². The van der Waals surface area contributed by atoms with Gasteiger partial charge >= 0.3 is 0 Å². The summed E-state index contributed by atoms with van der Waals surface area (Å²) in [5, 5.41) is 2.45. The second kappa shape index (κ2) is 2.53. The third-order valence-corrected chi connectivity index (χ3v) is 3.63. The highest BCUT2D eigenvalue weighted by Gasteiger charge is 2.34. The average Bonchev–Trinajstić information content (AvgIpc) is 2.39. The molecule has 6 heteroatoms. The van der Waals surface area contributed by atoms with Crippen molar-refractivity contribution in [2.45, 2.75) is 11.4 Å². The van der Waals surface area contributed by atoms with Crippen molar-refractivity contribution in [3.05, 3.63) is 34.7 Å². The molecule has 1 aromatic carbocycles. The average molecular weight is 198 g/mol.